The molecule has 1 unspecified atom stereocenters. The van der Waals surface area contributed by atoms with Gasteiger partial charge in [0.2, 0.25) is 5.91 Å². The third kappa shape index (κ3) is 4.72. The topological polar surface area (TPSA) is 59.1 Å². The zero-order valence-corrected chi connectivity index (χ0v) is 15.5. The molecule has 1 amide bonds. The largest absolute Gasteiger partial charge is 0.486 e. The van der Waals surface area contributed by atoms with Crippen molar-refractivity contribution in [2.45, 2.75) is 38.8 Å². The molecule has 0 spiro atoms. The first-order chi connectivity index (χ1) is 12.0. The number of carbonyl (C=O) groups excluding carboxylic acids is 2. The molecule has 6 heteroatoms. The summed E-state index contributed by atoms with van der Waals surface area (Å²) in [6.07, 6.45) is 2.71. The Balaban J connectivity index is 2.13. The van der Waals surface area contributed by atoms with Crippen molar-refractivity contribution in [1.82, 2.24) is 9.80 Å². The van der Waals surface area contributed by atoms with Crippen LogP contribution in [0.25, 0.3) is 0 Å². The lowest BCUT2D eigenvalue weighted by Gasteiger charge is -2.31. The maximum absolute atomic E-state index is 12.4. The number of likely N-dealkylation sites (N-methyl/N-ethyl adjacent to an activating group) is 2. The van der Waals surface area contributed by atoms with E-state index in [0.717, 1.165) is 36.2 Å². The lowest BCUT2D eigenvalue weighted by Crippen LogP contribution is -2.42. The molecule has 0 fully saturated rings. The Morgan fingerprint density at radius 2 is 1.92 bits per heavy atom. The SMILES string of the molecule is CCCC(c1ccc2c(c1)OCCO2)N(C)CC(=O)N(C)[C@H](C)C=O. The van der Waals surface area contributed by atoms with Crippen LogP contribution >= 0.6 is 0 Å². The third-order valence-electron chi connectivity index (χ3n) is 4.63. The Hall–Kier alpha value is -2.08. The molecule has 1 aliphatic rings. The Bertz CT molecular complexity index is 605. The molecule has 1 aromatic carbocycles. The third-order valence-corrected chi connectivity index (χ3v) is 4.63. The second kappa shape index (κ2) is 8.85. The van der Waals surface area contributed by atoms with Gasteiger partial charge in [0.1, 0.15) is 19.5 Å². The van der Waals surface area contributed by atoms with Crippen LogP contribution in [-0.2, 0) is 9.59 Å². The minimum Gasteiger partial charge on any atom is -0.486 e. The normalized spacial score (nSPS) is 15.6. The van der Waals surface area contributed by atoms with Gasteiger partial charge in [0, 0.05) is 13.1 Å². The van der Waals surface area contributed by atoms with E-state index in [2.05, 4.69) is 6.92 Å². The quantitative estimate of drug-likeness (QED) is 0.675. The van der Waals surface area contributed by atoms with Crippen molar-refractivity contribution >= 4 is 12.2 Å². The van der Waals surface area contributed by atoms with E-state index in [9.17, 15) is 9.59 Å². The predicted octanol–water partition coefficient (Wildman–Crippen LogP) is 2.28. The van der Waals surface area contributed by atoms with E-state index >= 15 is 0 Å². The van der Waals surface area contributed by atoms with Gasteiger partial charge in [-0.2, -0.15) is 0 Å². The van der Waals surface area contributed by atoms with Crippen LogP contribution in [0.15, 0.2) is 18.2 Å². The minimum atomic E-state index is -0.417. The zero-order chi connectivity index (χ0) is 18.4. The molecule has 1 aromatic rings. The first kappa shape index (κ1) is 19.2. The summed E-state index contributed by atoms with van der Waals surface area (Å²) in [7, 11) is 3.60. The summed E-state index contributed by atoms with van der Waals surface area (Å²) in [4.78, 5) is 26.8. The number of fused-ring (bicyclic) bond motifs is 1. The molecule has 0 aliphatic carbocycles. The highest BCUT2D eigenvalue weighted by atomic mass is 16.6. The van der Waals surface area contributed by atoms with E-state index in [4.69, 9.17) is 9.47 Å². The standard InChI is InChI=1S/C19H28N2O4/c1-5-6-16(20(3)12-19(23)21(4)14(2)13-22)15-7-8-17-18(11-15)25-10-9-24-17/h7-8,11,13-14,16H,5-6,9-10,12H2,1-4H3/t14-,16?/m1/s1. The van der Waals surface area contributed by atoms with E-state index < -0.39 is 6.04 Å². The molecule has 0 bridgehead atoms. The van der Waals surface area contributed by atoms with Crippen molar-refractivity contribution in [2.75, 3.05) is 33.9 Å². The second-order valence-corrected chi connectivity index (χ2v) is 6.50. The number of benzene rings is 1. The first-order valence-electron chi connectivity index (χ1n) is 8.78. The van der Waals surface area contributed by atoms with Crippen molar-refractivity contribution in [3.8, 4) is 11.5 Å². The van der Waals surface area contributed by atoms with Gasteiger partial charge in [0.25, 0.3) is 0 Å². The summed E-state index contributed by atoms with van der Waals surface area (Å²) in [6.45, 7) is 5.22. The highest BCUT2D eigenvalue weighted by molar-refractivity contribution is 5.81. The van der Waals surface area contributed by atoms with Gasteiger partial charge >= 0.3 is 0 Å². The summed E-state index contributed by atoms with van der Waals surface area (Å²) in [5, 5.41) is 0. The van der Waals surface area contributed by atoms with Crippen LogP contribution < -0.4 is 9.47 Å². The van der Waals surface area contributed by atoms with Crippen molar-refractivity contribution < 1.29 is 19.1 Å². The minimum absolute atomic E-state index is 0.0688. The monoisotopic (exact) mass is 348 g/mol. The van der Waals surface area contributed by atoms with Gasteiger partial charge in [-0.05, 0) is 38.1 Å². The smallest absolute Gasteiger partial charge is 0.237 e. The number of nitrogens with zero attached hydrogens (tertiary/aromatic N) is 2. The van der Waals surface area contributed by atoms with Crippen LogP contribution in [0.3, 0.4) is 0 Å². The van der Waals surface area contributed by atoms with Crippen molar-refractivity contribution in [1.29, 1.82) is 0 Å². The number of ether oxygens (including phenoxy) is 2. The Morgan fingerprint density at radius 1 is 1.24 bits per heavy atom. The average Bonchev–Trinajstić information content (AvgIpc) is 2.64. The molecule has 6 nitrogen and oxygen atoms in total. The van der Waals surface area contributed by atoms with Gasteiger partial charge in [0.05, 0.1) is 12.6 Å². The van der Waals surface area contributed by atoms with Crippen LogP contribution in [-0.4, -0.2) is 61.9 Å². The van der Waals surface area contributed by atoms with Gasteiger partial charge in [-0.1, -0.05) is 19.4 Å². The molecule has 2 atom stereocenters. The van der Waals surface area contributed by atoms with E-state index in [-0.39, 0.29) is 18.5 Å². The number of amides is 1. The summed E-state index contributed by atoms with van der Waals surface area (Å²) in [6, 6.07) is 5.66. The Morgan fingerprint density at radius 3 is 2.56 bits per heavy atom. The Labute approximate surface area is 149 Å². The number of carbonyl (C=O) groups is 2. The van der Waals surface area contributed by atoms with Crippen LogP contribution in [0.2, 0.25) is 0 Å². The predicted molar refractivity (Wildman–Crippen MR) is 96.0 cm³/mol. The van der Waals surface area contributed by atoms with Crippen LogP contribution in [0.5, 0.6) is 11.5 Å². The molecule has 2 rings (SSSR count). The molecule has 1 heterocycles. The molecule has 0 saturated heterocycles. The van der Waals surface area contributed by atoms with Gasteiger partial charge in [0.15, 0.2) is 11.5 Å². The molecular formula is C19H28N2O4. The number of hydrogen-bond acceptors (Lipinski definition) is 5. The van der Waals surface area contributed by atoms with Gasteiger partial charge in [-0.3, -0.25) is 9.69 Å². The fraction of sp³-hybridized carbons (Fsp3) is 0.579. The van der Waals surface area contributed by atoms with Crippen molar-refractivity contribution in [3.05, 3.63) is 23.8 Å². The van der Waals surface area contributed by atoms with Gasteiger partial charge in [-0.15, -0.1) is 0 Å². The Kier molecular flexibility index (Phi) is 6.82. The fourth-order valence-corrected chi connectivity index (χ4v) is 2.94. The molecule has 0 saturated carbocycles. The number of rotatable bonds is 8. The number of hydrogen-bond donors (Lipinski definition) is 0. The second-order valence-electron chi connectivity index (χ2n) is 6.50. The van der Waals surface area contributed by atoms with Gasteiger partial charge < -0.3 is 19.2 Å². The van der Waals surface area contributed by atoms with Crippen LogP contribution in [0.4, 0.5) is 0 Å². The summed E-state index contributed by atoms with van der Waals surface area (Å²) in [5.74, 6) is 1.46. The summed E-state index contributed by atoms with van der Waals surface area (Å²) < 4.78 is 11.3. The molecule has 0 aromatic heterocycles. The first-order valence-corrected chi connectivity index (χ1v) is 8.78. The molecule has 25 heavy (non-hydrogen) atoms. The fourth-order valence-electron chi connectivity index (χ4n) is 2.94. The lowest BCUT2D eigenvalue weighted by atomic mass is 10.00. The van der Waals surface area contributed by atoms with Crippen molar-refractivity contribution in [2.24, 2.45) is 0 Å². The number of aldehydes is 1. The maximum atomic E-state index is 12.4. The lowest BCUT2D eigenvalue weighted by molar-refractivity contribution is -0.135. The average molecular weight is 348 g/mol. The highest BCUT2D eigenvalue weighted by Gasteiger charge is 2.23. The van der Waals surface area contributed by atoms with Crippen LogP contribution in [0, 0.1) is 0 Å². The van der Waals surface area contributed by atoms with Gasteiger partial charge in [-0.25, -0.2) is 0 Å². The highest BCUT2D eigenvalue weighted by Crippen LogP contribution is 2.35. The van der Waals surface area contributed by atoms with Crippen LogP contribution in [0.1, 0.15) is 38.3 Å². The molecular weight excluding hydrogens is 320 g/mol. The van der Waals surface area contributed by atoms with E-state index in [0.29, 0.717) is 13.2 Å². The summed E-state index contributed by atoms with van der Waals surface area (Å²) >= 11 is 0. The van der Waals surface area contributed by atoms with E-state index in [1.165, 1.54) is 4.90 Å². The zero-order valence-electron chi connectivity index (χ0n) is 15.5. The van der Waals surface area contributed by atoms with Crippen molar-refractivity contribution in [3.63, 3.8) is 0 Å². The molecule has 1 aliphatic heterocycles. The molecule has 0 N–H and O–H groups in total. The molecule has 138 valence electrons. The van der Waals surface area contributed by atoms with E-state index in [1.54, 1.807) is 14.0 Å². The van der Waals surface area contributed by atoms with E-state index in [1.807, 2.05) is 30.1 Å². The molecule has 0 radical (unpaired) electrons. The summed E-state index contributed by atoms with van der Waals surface area (Å²) in [5.41, 5.74) is 1.10. The maximum Gasteiger partial charge on any atom is 0.237 e.